The van der Waals surface area contributed by atoms with Crippen LogP contribution in [0.5, 0.6) is 0 Å². The van der Waals surface area contributed by atoms with Crippen molar-refractivity contribution in [3.05, 3.63) is 92.6 Å². The minimum atomic E-state index is -1.32. The Bertz CT molecular complexity index is 1510. The number of amides is 2. The number of nitrogens with one attached hydrogen (secondary N) is 3. The van der Waals surface area contributed by atoms with Crippen molar-refractivity contribution in [2.24, 2.45) is 5.92 Å². The number of hydrogen-bond donors (Lipinski definition) is 3. The van der Waals surface area contributed by atoms with Crippen LogP contribution in [0.4, 0.5) is 11.4 Å². The lowest BCUT2D eigenvalue weighted by Gasteiger charge is -2.10. The molecular formula is C26H18Cl5N3O2. The van der Waals surface area contributed by atoms with Gasteiger partial charge in [0.05, 0.1) is 16.5 Å². The molecule has 0 bridgehead atoms. The highest BCUT2D eigenvalue weighted by Crippen LogP contribution is 2.65. The van der Waals surface area contributed by atoms with E-state index in [-0.39, 0.29) is 10.6 Å². The number of anilines is 2. The minimum Gasteiger partial charge on any atom is -0.359 e. The van der Waals surface area contributed by atoms with Crippen LogP contribution in [0.15, 0.2) is 60.7 Å². The van der Waals surface area contributed by atoms with Crippen molar-refractivity contribution >= 4 is 92.1 Å². The molecule has 0 aliphatic heterocycles. The fourth-order valence-electron chi connectivity index (χ4n) is 4.37. The number of rotatable bonds is 5. The second-order valence-corrected chi connectivity index (χ2v) is 11.4. The van der Waals surface area contributed by atoms with Crippen LogP contribution in [0.25, 0.3) is 10.9 Å². The van der Waals surface area contributed by atoms with Gasteiger partial charge in [0, 0.05) is 43.9 Å². The maximum atomic E-state index is 13.0. The van der Waals surface area contributed by atoms with E-state index < -0.39 is 28.0 Å². The second-order valence-electron chi connectivity index (χ2n) is 8.73. The molecule has 1 saturated carbocycles. The van der Waals surface area contributed by atoms with Crippen molar-refractivity contribution in [2.75, 3.05) is 10.6 Å². The molecule has 2 atom stereocenters. The summed E-state index contributed by atoms with van der Waals surface area (Å²) >= 11 is 31.4. The molecule has 3 N–H and O–H groups in total. The van der Waals surface area contributed by atoms with Gasteiger partial charge < -0.3 is 15.6 Å². The highest BCUT2D eigenvalue weighted by Gasteiger charge is 2.67. The molecular weight excluding hydrogens is 564 g/mol. The zero-order chi connectivity index (χ0) is 25.8. The number of aromatic amines is 1. The van der Waals surface area contributed by atoms with Gasteiger partial charge in [0.2, 0.25) is 5.91 Å². The number of halogens is 5. The highest BCUT2D eigenvalue weighted by molar-refractivity contribution is 6.53. The van der Waals surface area contributed by atoms with Gasteiger partial charge in [-0.05, 0) is 73.2 Å². The summed E-state index contributed by atoms with van der Waals surface area (Å²) in [7, 11) is 0. The number of benzene rings is 3. The molecule has 2 amide bonds. The summed E-state index contributed by atoms with van der Waals surface area (Å²) in [5, 5.41) is 7.70. The fourth-order valence-corrected chi connectivity index (χ4v) is 5.95. The van der Waals surface area contributed by atoms with E-state index in [1.165, 1.54) is 6.07 Å². The number of H-pyrrole nitrogens is 1. The number of alkyl halides is 2. The van der Waals surface area contributed by atoms with E-state index in [9.17, 15) is 9.59 Å². The van der Waals surface area contributed by atoms with E-state index in [1.807, 2.05) is 25.1 Å². The summed E-state index contributed by atoms with van der Waals surface area (Å²) < 4.78 is -1.32. The Balaban J connectivity index is 1.32. The first kappa shape index (κ1) is 25.2. The first-order chi connectivity index (χ1) is 17.0. The molecule has 1 aliphatic carbocycles. The topological polar surface area (TPSA) is 74.0 Å². The van der Waals surface area contributed by atoms with Gasteiger partial charge in [-0.25, -0.2) is 0 Å². The van der Waals surface area contributed by atoms with Crippen LogP contribution in [0.1, 0.15) is 27.5 Å². The number of carbonyl (C=O) groups excluding carboxylic acids is 2. The molecule has 1 fully saturated rings. The van der Waals surface area contributed by atoms with Gasteiger partial charge in [0.25, 0.3) is 5.91 Å². The van der Waals surface area contributed by atoms with Gasteiger partial charge in [-0.2, -0.15) is 0 Å². The van der Waals surface area contributed by atoms with E-state index in [1.54, 1.807) is 36.4 Å². The van der Waals surface area contributed by atoms with Crippen LogP contribution >= 0.6 is 58.0 Å². The standard InChI is InChI=1S/C26H18Cl5N3O2/c1-12-6-13-9-17(3-5-21(13)32-12)33-24(35)19-11-18(2-4-20(19)29)34-25(36)23-22(26(23,30)31)14-7-15(27)10-16(28)8-14/h2-11,22-23,32H,1H3,(H,33,35)(H,34,36). The molecule has 0 saturated heterocycles. The molecule has 1 aromatic heterocycles. The van der Waals surface area contributed by atoms with Crippen molar-refractivity contribution in [3.8, 4) is 0 Å². The summed E-state index contributed by atoms with van der Waals surface area (Å²) in [6.45, 7) is 1.96. The van der Waals surface area contributed by atoms with Crippen LogP contribution in [0, 0.1) is 12.8 Å². The zero-order valence-corrected chi connectivity index (χ0v) is 22.4. The molecule has 2 unspecified atom stereocenters. The van der Waals surface area contributed by atoms with E-state index in [0.29, 0.717) is 27.0 Å². The summed E-state index contributed by atoms with van der Waals surface area (Å²) in [6, 6.07) is 17.1. The molecule has 4 aromatic rings. The lowest BCUT2D eigenvalue weighted by atomic mass is 10.1. The van der Waals surface area contributed by atoms with Crippen LogP contribution in [0.2, 0.25) is 15.1 Å². The monoisotopic (exact) mass is 579 g/mol. The van der Waals surface area contributed by atoms with Crippen molar-refractivity contribution in [2.45, 2.75) is 17.2 Å². The van der Waals surface area contributed by atoms with Gasteiger partial charge in [0.15, 0.2) is 0 Å². The Morgan fingerprint density at radius 1 is 0.861 bits per heavy atom. The third kappa shape index (κ3) is 4.91. The van der Waals surface area contributed by atoms with Gasteiger partial charge in [-0.3, -0.25) is 9.59 Å². The van der Waals surface area contributed by atoms with Crippen LogP contribution < -0.4 is 10.6 Å². The zero-order valence-electron chi connectivity index (χ0n) is 18.6. The van der Waals surface area contributed by atoms with Crippen molar-refractivity contribution < 1.29 is 9.59 Å². The largest absolute Gasteiger partial charge is 0.359 e. The number of aryl methyl sites for hydroxylation is 1. The Labute approximate surface area is 232 Å². The number of aromatic nitrogens is 1. The van der Waals surface area contributed by atoms with Gasteiger partial charge in [0.1, 0.15) is 4.33 Å². The molecule has 184 valence electrons. The third-order valence-electron chi connectivity index (χ3n) is 6.07. The molecule has 5 rings (SSSR count). The van der Waals surface area contributed by atoms with Crippen molar-refractivity contribution in [3.63, 3.8) is 0 Å². The van der Waals surface area contributed by atoms with Crippen LogP contribution in [0.3, 0.4) is 0 Å². The number of hydrogen-bond acceptors (Lipinski definition) is 2. The van der Waals surface area contributed by atoms with Crippen LogP contribution in [-0.4, -0.2) is 21.1 Å². The highest BCUT2D eigenvalue weighted by atomic mass is 35.5. The number of fused-ring (bicyclic) bond motifs is 1. The smallest absolute Gasteiger partial charge is 0.257 e. The average Bonchev–Trinajstić information content (AvgIpc) is 3.18. The van der Waals surface area contributed by atoms with E-state index >= 15 is 0 Å². The number of carbonyl (C=O) groups is 2. The Hall–Kier alpha value is -2.41. The molecule has 1 aliphatic rings. The molecule has 3 aromatic carbocycles. The average molecular weight is 582 g/mol. The molecule has 10 heteroatoms. The van der Waals surface area contributed by atoms with Gasteiger partial charge in [-0.15, -0.1) is 23.2 Å². The quantitative estimate of drug-likeness (QED) is 0.208. The minimum absolute atomic E-state index is 0.205. The van der Waals surface area contributed by atoms with Crippen LogP contribution in [-0.2, 0) is 4.79 Å². The first-order valence-electron chi connectivity index (χ1n) is 10.9. The lowest BCUT2D eigenvalue weighted by molar-refractivity contribution is -0.117. The second kappa shape index (κ2) is 9.47. The third-order valence-corrected chi connectivity index (χ3v) is 7.78. The lowest BCUT2D eigenvalue weighted by Crippen LogP contribution is -2.18. The normalized spacial score (nSPS) is 18.2. The first-order valence-corrected chi connectivity index (χ1v) is 12.8. The van der Waals surface area contributed by atoms with E-state index in [0.717, 1.165) is 16.6 Å². The van der Waals surface area contributed by atoms with Crippen molar-refractivity contribution in [1.82, 2.24) is 4.98 Å². The predicted molar refractivity (Wildman–Crippen MR) is 148 cm³/mol. The molecule has 1 heterocycles. The molecule has 0 spiro atoms. The summed E-state index contributed by atoms with van der Waals surface area (Å²) in [5.41, 5.74) is 3.87. The SMILES string of the molecule is Cc1cc2cc(NC(=O)c3cc(NC(=O)C4C(c5cc(Cl)cc(Cl)c5)C4(Cl)Cl)ccc3Cl)ccc2[nH]1. The van der Waals surface area contributed by atoms with E-state index in [2.05, 4.69) is 15.6 Å². The summed E-state index contributed by atoms with van der Waals surface area (Å²) in [5.74, 6) is -2.04. The summed E-state index contributed by atoms with van der Waals surface area (Å²) in [4.78, 5) is 29.3. The maximum absolute atomic E-state index is 13.0. The predicted octanol–water partition coefficient (Wildman–Crippen LogP) is 8.21. The Morgan fingerprint density at radius 3 is 2.25 bits per heavy atom. The Kier molecular flexibility index (Phi) is 6.64. The molecule has 36 heavy (non-hydrogen) atoms. The van der Waals surface area contributed by atoms with E-state index in [4.69, 9.17) is 58.0 Å². The van der Waals surface area contributed by atoms with Gasteiger partial charge in [-0.1, -0.05) is 34.8 Å². The summed E-state index contributed by atoms with van der Waals surface area (Å²) in [6.07, 6.45) is 0. The van der Waals surface area contributed by atoms with Crippen molar-refractivity contribution in [1.29, 1.82) is 0 Å². The maximum Gasteiger partial charge on any atom is 0.257 e. The van der Waals surface area contributed by atoms with Gasteiger partial charge >= 0.3 is 0 Å². The Morgan fingerprint density at radius 2 is 1.53 bits per heavy atom. The molecule has 5 nitrogen and oxygen atoms in total. The molecule has 0 radical (unpaired) electrons. The fraction of sp³-hybridized carbons (Fsp3) is 0.154.